The minimum Gasteiger partial charge on any atom is -0.482 e. The largest absolute Gasteiger partial charge is 0.482 e. The van der Waals surface area contributed by atoms with Gasteiger partial charge < -0.3 is 24.7 Å². The summed E-state index contributed by atoms with van der Waals surface area (Å²) in [6.45, 7) is 10.7. The van der Waals surface area contributed by atoms with Crippen LogP contribution in [0.1, 0.15) is 114 Å². The van der Waals surface area contributed by atoms with Crippen LogP contribution in [0.4, 0.5) is 0 Å². The molecule has 0 aromatic heterocycles. The lowest BCUT2D eigenvalue weighted by molar-refractivity contribution is -0.158. The number of hydrogen-bond donors (Lipinski definition) is 2. The van der Waals surface area contributed by atoms with Gasteiger partial charge in [0.1, 0.15) is 22.7 Å². The van der Waals surface area contributed by atoms with E-state index in [4.69, 9.17) is 24.7 Å². The van der Waals surface area contributed by atoms with Gasteiger partial charge in [0.25, 0.3) is 0 Å². The zero-order valence-electron chi connectivity index (χ0n) is 34.1. The molecule has 0 radical (unpaired) electrons. The lowest BCUT2D eigenvalue weighted by Gasteiger charge is -2.22. The van der Waals surface area contributed by atoms with Crippen molar-refractivity contribution in [2.75, 3.05) is 13.2 Å². The highest BCUT2D eigenvalue weighted by molar-refractivity contribution is 7.89. The van der Waals surface area contributed by atoms with Crippen LogP contribution in [0.25, 0.3) is 11.1 Å². The summed E-state index contributed by atoms with van der Waals surface area (Å²) in [7, 11) is -3.77. The number of fused-ring (bicyclic) bond motifs is 2. The minimum absolute atomic E-state index is 0.0626. The molecule has 3 N–H and O–H groups in total. The third kappa shape index (κ3) is 12.9. The number of benzene rings is 4. The van der Waals surface area contributed by atoms with Gasteiger partial charge in [0.2, 0.25) is 10.0 Å². The summed E-state index contributed by atoms with van der Waals surface area (Å²) in [5, 5.41) is 0. The molecule has 0 heterocycles. The molecule has 0 aliphatic heterocycles. The predicted molar refractivity (Wildman–Crippen MR) is 223 cm³/mol. The topological polar surface area (TPSA) is 143 Å². The van der Waals surface area contributed by atoms with E-state index in [0.29, 0.717) is 12.2 Å². The van der Waals surface area contributed by atoms with E-state index in [2.05, 4.69) is 10.8 Å². The molecular weight excluding hydrogens is 741 g/mol. The van der Waals surface area contributed by atoms with Crippen LogP contribution in [0.3, 0.4) is 0 Å². The molecule has 306 valence electrons. The second-order valence-corrected chi connectivity index (χ2v) is 18.3. The lowest BCUT2D eigenvalue weighted by atomic mass is 9.99. The minimum atomic E-state index is -3.77. The smallest absolute Gasteiger partial charge is 0.344 e. The Labute approximate surface area is 338 Å². The molecule has 11 heteroatoms. The Hall–Kier alpha value is -4.71. The Morgan fingerprint density at radius 3 is 1.74 bits per heavy atom. The summed E-state index contributed by atoms with van der Waals surface area (Å²) in [6.07, 6.45) is 7.39. The third-order valence-corrected chi connectivity index (χ3v) is 11.0. The van der Waals surface area contributed by atoms with E-state index in [9.17, 15) is 18.0 Å². The maximum atomic E-state index is 13.4. The summed E-state index contributed by atoms with van der Waals surface area (Å²) in [4.78, 5) is 24.2. The Morgan fingerprint density at radius 2 is 1.16 bits per heavy atom. The zero-order valence-corrected chi connectivity index (χ0v) is 35.0. The van der Waals surface area contributed by atoms with E-state index >= 15 is 0 Å². The fourth-order valence-corrected chi connectivity index (χ4v) is 8.43. The van der Waals surface area contributed by atoms with Crippen molar-refractivity contribution in [2.24, 2.45) is 5.73 Å². The van der Waals surface area contributed by atoms with Gasteiger partial charge in [-0.05, 0) is 138 Å². The Bertz CT molecular complexity index is 2090. The van der Waals surface area contributed by atoms with Gasteiger partial charge in [-0.3, -0.25) is 0 Å². The van der Waals surface area contributed by atoms with Crippen molar-refractivity contribution in [1.29, 1.82) is 0 Å². The normalized spacial score (nSPS) is 17.0. The van der Waals surface area contributed by atoms with Gasteiger partial charge >= 0.3 is 11.9 Å². The average Bonchev–Trinajstić information content (AvgIpc) is 3.48. The number of ether oxygens (including phenoxy) is 4. The Morgan fingerprint density at radius 1 is 0.649 bits per heavy atom. The maximum absolute atomic E-state index is 13.4. The number of carbonyl (C=O) groups excluding carboxylic acids is 2. The van der Waals surface area contributed by atoms with E-state index in [1.54, 1.807) is 18.2 Å². The monoisotopic (exact) mass is 798 g/mol. The zero-order chi connectivity index (χ0) is 41.2. The molecule has 2 aliphatic rings. The Balaban J connectivity index is 0.000000251. The van der Waals surface area contributed by atoms with Crippen molar-refractivity contribution in [3.8, 4) is 22.6 Å². The van der Waals surface area contributed by atoms with E-state index in [0.717, 1.165) is 84.1 Å². The van der Waals surface area contributed by atoms with Crippen molar-refractivity contribution >= 4 is 22.0 Å². The number of rotatable bonds is 10. The maximum Gasteiger partial charge on any atom is 0.344 e. The van der Waals surface area contributed by atoms with Gasteiger partial charge in [0.15, 0.2) is 13.2 Å². The number of esters is 2. The van der Waals surface area contributed by atoms with Gasteiger partial charge in [-0.15, -0.1) is 0 Å². The van der Waals surface area contributed by atoms with Crippen LogP contribution >= 0.6 is 0 Å². The highest BCUT2D eigenvalue weighted by Crippen LogP contribution is 2.36. The van der Waals surface area contributed by atoms with Gasteiger partial charge in [-0.1, -0.05) is 79.6 Å². The average molecular weight is 799 g/mol. The molecule has 0 spiro atoms. The molecule has 0 saturated carbocycles. The quantitative estimate of drug-likeness (QED) is 0.119. The molecule has 2 aliphatic carbocycles. The number of carbonyl (C=O) groups is 2. The number of hydrogen-bond acceptors (Lipinski definition) is 9. The molecule has 0 bridgehead atoms. The SMILES string of the molecule is CC(C)(C)OC(=O)COc1cccc2c1CCCCC2N.CC(C)(C)OC(=O)COc1cccc2c1CCCCC2NS(=O)(=O)c1cccc(-c2ccccc2)c1. The molecular formula is C46H58N2O8S. The van der Waals surface area contributed by atoms with Crippen molar-refractivity contribution in [3.05, 3.63) is 113 Å². The molecule has 0 fully saturated rings. The second-order valence-electron chi connectivity index (χ2n) is 16.6. The van der Waals surface area contributed by atoms with Crippen molar-refractivity contribution < 1.29 is 37.0 Å². The van der Waals surface area contributed by atoms with Crippen LogP contribution in [-0.4, -0.2) is 44.8 Å². The van der Waals surface area contributed by atoms with Gasteiger partial charge in [0.05, 0.1) is 4.90 Å². The van der Waals surface area contributed by atoms with Crippen LogP contribution in [0, 0.1) is 0 Å². The highest BCUT2D eigenvalue weighted by atomic mass is 32.2. The number of nitrogens with one attached hydrogen (secondary N) is 1. The first-order valence-corrected chi connectivity index (χ1v) is 21.3. The number of sulfonamides is 1. The molecule has 6 rings (SSSR count). The lowest BCUT2D eigenvalue weighted by Crippen LogP contribution is -2.29. The van der Waals surface area contributed by atoms with Crippen LogP contribution < -0.4 is 19.9 Å². The van der Waals surface area contributed by atoms with Crippen molar-refractivity contribution in [3.63, 3.8) is 0 Å². The summed E-state index contributed by atoms with van der Waals surface area (Å²) < 4.78 is 51.9. The fourth-order valence-electron chi connectivity index (χ4n) is 7.14. The van der Waals surface area contributed by atoms with E-state index < -0.39 is 33.2 Å². The Kier molecular flexibility index (Phi) is 14.6. The molecule has 2 unspecified atom stereocenters. The summed E-state index contributed by atoms with van der Waals surface area (Å²) in [5.74, 6) is 0.563. The molecule has 4 aromatic rings. The van der Waals surface area contributed by atoms with Gasteiger partial charge in [0, 0.05) is 12.1 Å². The predicted octanol–water partition coefficient (Wildman–Crippen LogP) is 8.95. The molecule has 2 atom stereocenters. The second kappa shape index (κ2) is 19.2. The molecule has 10 nitrogen and oxygen atoms in total. The van der Waals surface area contributed by atoms with Crippen LogP contribution in [0.5, 0.6) is 11.5 Å². The molecule has 4 aromatic carbocycles. The van der Waals surface area contributed by atoms with Gasteiger partial charge in [-0.2, -0.15) is 0 Å². The first-order chi connectivity index (χ1) is 27.0. The van der Waals surface area contributed by atoms with E-state index in [1.807, 2.05) is 108 Å². The van der Waals surface area contributed by atoms with Crippen molar-refractivity contribution in [2.45, 2.75) is 121 Å². The molecule has 0 amide bonds. The fraction of sp³-hybridized carbons (Fsp3) is 0.435. The highest BCUT2D eigenvalue weighted by Gasteiger charge is 2.27. The van der Waals surface area contributed by atoms with E-state index in [1.165, 1.54) is 0 Å². The first kappa shape index (κ1) is 43.4. The summed E-state index contributed by atoms with van der Waals surface area (Å²) in [6, 6.07) is 27.9. The molecule has 0 saturated heterocycles. The third-order valence-electron chi connectivity index (χ3n) is 9.55. The van der Waals surface area contributed by atoms with Gasteiger partial charge in [-0.25, -0.2) is 22.7 Å². The first-order valence-electron chi connectivity index (χ1n) is 19.9. The van der Waals surface area contributed by atoms with E-state index in [-0.39, 0.29) is 30.1 Å². The summed E-state index contributed by atoms with van der Waals surface area (Å²) in [5.41, 5.74) is 11.0. The standard InChI is InChI=1S/C29H33NO5S.C17H25NO3/c1-29(2,3)35-28(31)20-34-27-18-10-16-24-25(27)15-7-8-17-26(24)30-36(32,33)23-14-9-13-22(19-23)21-11-5-4-6-12-21;1-17(2,3)21-16(19)11-20-15-10-6-8-12-13(15)7-4-5-9-14(12)18/h4-6,9-14,16,18-19,26,30H,7-8,15,17,20H2,1-3H3;6,8,10,14H,4-5,7,9,11,18H2,1-3H3. The summed E-state index contributed by atoms with van der Waals surface area (Å²) >= 11 is 0. The number of nitrogens with two attached hydrogens (primary N) is 1. The van der Waals surface area contributed by atoms with Crippen molar-refractivity contribution in [1.82, 2.24) is 4.72 Å². The van der Waals surface area contributed by atoms with Crippen LogP contribution in [0.2, 0.25) is 0 Å². The van der Waals surface area contributed by atoms with Crippen LogP contribution in [-0.2, 0) is 41.9 Å². The van der Waals surface area contributed by atoms with Crippen LogP contribution in [0.15, 0.2) is 95.9 Å². The molecule has 57 heavy (non-hydrogen) atoms.